The number of fused-ring (bicyclic) bond motifs is 1. The lowest BCUT2D eigenvalue weighted by Gasteiger charge is -2.30. The van der Waals surface area contributed by atoms with Gasteiger partial charge in [0, 0.05) is 23.4 Å². The molecule has 0 radical (unpaired) electrons. The molecule has 0 aromatic heterocycles. The van der Waals surface area contributed by atoms with Crippen molar-refractivity contribution in [3.63, 3.8) is 0 Å². The maximum absolute atomic E-state index is 13.0. The predicted octanol–water partition coefficient (Wildman–Crippen LogP) is 4.19. The fourth-order valence-corrected chi connectivity index (χ4v) is 3.33. The number of rotatable bonds is 4. The number of nitrogens with one attached hydrogen (secondary N) is 2. The first-order valence-corrected chi connectivity index (χ1v) is 8.06. The van der Waals surface area contributed by atoms with Crippen LogP contribution in [0.3, 0.4) is 0 Å². The molecule has 3 heteroatoms. The zero-order chi connectivity index (χ0) is 16.4. The van der Waals surface area contributed by atoms with Crippen LogP contribution >= 0.6 is 0 Å². The van der Waals surface area contributed by atoms with E-state index in [1.807, 2.05) is 72.8 Å². The minimum Gasteiger partial charge on any atom is -0.367 e. The number of anilines is 2. The molecular weight excluding hydrogens is 296 g/mol. The molecule has 1 aliphatic rings. The van der Waals surface area contributed by atoms with Crippen molar-refractivity contribution in [2.24, 2.45) is 0 Å². The van der Waals surface area contributed by atoms with Crippen LogP contribution in [0.2, 0.25) is 0 Å². The molecule has 0 aliphatic carbocycles. The first-order chi connectivity index (χ1) is 11.8. The lowest BCUT2D eigenvalue weighted by atomic mass is 9.84. The molecule has 1 aliphatic heterocycles. The van der Waals surface area contributed by atoms with Crippen LogP contribution < -0.4 is 10.6 Å². The van der Waals surface area contributed by atoms with Gasteiger partial charge >= 0.3 is 0 Å². The van der Waals surface area contributed by atoms with Crippen LogP contribution in [-0.4, -0.2) is 5.91 Å². The van der Waals surface area contributed by atoms with Crippen molar-refractivity contribution in [2.75, 3.05) is 10.6 Å². The van der Waals surface area contributed by atoms with Crippen molar-refractivity contribution in [2.45, 2.75) is 12.0 Å². The van der Waals surface area contributed by atoms with E-state index in [4.69, 9.17) is 0 Å². The molecule has 0 spiro atoms. The fraction of sp³-hybridized carbons (Fsp3) is 0.0952. The van der Waals surface area contributed by atoms with Crippen LogP contribution in [0.25, 0.3) is 0 Å². The van der Waals surface area contributed by atoms with Crippen molar-refractivity contribution in [3.8, 4) is 0 Å². The first kappa shape index (κ1) is 14.5. The topological polar surface area (TPSA) is 41.1 Å². The maximum Gasteiger partial charge on any atom is 0.255 e. The molecule has 0 unspecified atom stereocenters. The molecule has 0 fully saturated rings. The van der Waals surface area contributed by atoms with Gasteiger partial charge in [0.25, 0.3) is 5.91 Å². The molecule has 2 N–H and O–H groups in total. The number of carbonyl (C=O) groups is 1. The molecule has 118 valence electrons. The minimum atomic E-state index is -0.806. The maximum atomic E-state index is 13.0. The van der Waals surface area contributed by atoms with Gasteiger partial charge in [-0.05, 0) is 23.8 Å². The molecule has 3 aromatic rings. The monoisotopic (exact) mass is 314 g/mol. The molecular formula is C21H18N2O. The molecule has 3 nitrogen and oxygen atoms in total. The summed E-state index contributed by atoms with van der Waals surface area (Å²) >= 11 is 0. The standard InChI is InChI=1S/C21H18N2O/c24-20-21(15-16-9-3-1-4-10-16,23-17-11-5-2-6-12-17)18-13-7-8-14-19(18)22-20/h1-14,23H,15H2,(H,22,24)/t21-/m1/s1. The van der Waals surface area contributed by atoms with Crippen LogP contribution in [0.15, 0.2) is 84.9 Å². The van der Waals surface area contributed by atoms with Gasteiger partial charge in [-0.15, -0.1) is 0 Å². The van der Waals surface area contributed by atoms with E-state index in [2.05, 4.69) is 22.8 Å². The van der Waals surface area contributed by atoms with Crippen molar-refractivity contribution < 1.29 is 4.79 Å². The predicted molar refractivity (Wildman–Crippen MR) is 97.0 cm³/mol. The third kappa shape index (κ3) is 2.44. The molecule has 0 bridgehead atoms. The summed E-state index contributed by atoms with van der Waals surface area (Å²) in [6, 6.07) is 27.9. The highest BCUT2D eigenvalue weighted by molar-refractivity contribution is 6.07. The van der Waals surface area contributed by atoms with Gasteiger partial charge in [-0.1, -0.05) is 66.7 Å². The van der Waals surface area contributed by atoms with E-state index >= 15 is 0 Å². The van der Waals surface area contributed by atoms with Crippen LogP contribution in [0.4, 0.5) is 11.4 Å². The normalized spacial score (nSPS) is 18.8. The van der Waals surface area contributed by atoms with E-state index in [9.17, 15) is 4.79 Å². The minimum absolute atomic E-state index is 0.0172. The molecule has 1 atom stereocenters. The van der Waals surface area contributed by atoms with Crippen LogP contribution in [0.1, 0.15) is 11.1 Å². The van der Waals surface area contributed by atoms with E-state index in [0.717, 1.165) is 22.5 Å². The summed E-state index contributed by atoms with van der Waals surface area (Å²) in [5.74, 6) is -0.0172. The smallest absolute Gasteiger partial charge is 0.255 e. The van der Waals surface area contributed by atoms with Gasteiger partial charge in [-0.25, -0.2) is 0 Å². The Morgan fingerprint density at radius 1 is 0.792 bits per heavy atom. The van der Waals surface area contributed by atoms with Crippen molar-refractivity contribution in [1.82, 2.24) is 0 Å². The summed E-state index contributed by atoms with van der Waals surface area (Å²) in [4.78, 5) is 13.0. The van der Waals surface area contributed by atoms with Gasteiger partial charge < -0.3 is 10.6 Å². The van der Waals surface area contributed by atoms with Crippen molar-refractivity contribution >= 4 is 17.3 Å². The number of benzene rings is 3. The highest BCUT2D eigenvalue weighted by atomic mass is 16.2. The second-order valence-corrected chi connectivity index (χ2v) is 6.06. The Balaban J connectivity index is 1.82. The number of amides is 1. The lowest BCUT2D eigenvalue weighted by molar-refractivity contribution is -0.119. The highest BCUT2D eigenvalue weighted by Gasteiger charge is 2.46. The zero-order valence-electron chi connectivity index (χ0n) is 13.2. The second kappa shape index (κ2) is 5.85. The van der Waals surface area contributed by atoms with E-state index in [1.165, 1.54) is 0 Å². The Kier molecular flexibility index (Phi) is 3.54. The largest absolute Gasteiger partial charge is 0.367 e. The highest BCUT2D eigenvalue weighted by Crippen LogP contribution is 2.40. The van der Waals surface area contributed by atoms with E-state index < -0.39 is 5.54 Å². The summed E-state index contributed by atoms with van der Waals surface area (Å²) in [5, 5.41) is 6.52. The fourth-order valence-electron chi connectivity index (χ4n) is 3.33. The van der Waals surface area contributed by atoms with Gasteiger partial charge in [-0.3, -0.25) is 4.79 Å². The molecule has 0 saturated heterocycles. The lowest BCUT2D eigenvalue weighted by Crippen LogP contribution is -2.44. The summed E-state index contributed by atoms with van der Waals surface area (Å²) in [6.07, 6.45) is 0.589. The Morgan fingerprint density at radius 3 is 2.17 bits per heavy atom. The average molecular weight is 314 g/mol. The van der Waals surface area contributed by atoms with Crippen LogP contribution in [0, 0.1) is 0 Å². The SMILES string of the molecule is O=C1Nc2ccccc2[C@@]1(Cc1ccccc1)Nc1ccccc1. The van der Waals surface area contributed by atoms with Crippen molar-refractivity contribution in [1.29, 1.82) is 0 Å². The Labute approximate surface area is 141 Å². The number of para-hydroxylation sites is 2. The quantitative estimate of drug-likeness (QED) is 0.758. The van der Waals surface area contributed by atoms with E-state index in [1.54, 1.807) is 0 Å². The molecule has 1 amide bonds. The number of carbonyl (C=O) groups excluding carboxylic acids is 1. The second-order valence-electron chi connectivity index (χ2n) is 6.06. The molecule has 3 aromatic carbocycles. The van der Waals surface area contributed by atoms with Crippen LogP contribution in [0.5, 0.6) is 0 Å². The summed E-state index contributed by atoms with van der Waals surface area (Å²) in [7, 11) is 0. The molecule has 0 saturated carbocycles. The van der Waals surface area contributed by atoms with Gasteiger partial charge in [0.2, 0.25) is 0 Å². The third-order valence-corrected chi connectivity index (χ3v) is 4.47. The Bertz CT molecular complexity index is 818. The molecule has 1 heterocycles. The number of hydrogen-bond donors (Lipinski definition) is 2. The van der Waals surface area contributed by atoms with Crippen LogP contribution in [-0.2, 0) is 16.8 Å². The van der Waals surface area contributed by atoms with Gasteiger partial charge in [-0.2, -0.15) is 0 Å². The van der Waals surface area contributed by atoms with E-state index in [-0.39, 0.29) is 5.91 Å². The summed E-state index contributed by atoms with van der Waals surface area (Å²) in [6.45, 7) is 0. The van der Waals surface area contributed by atoms with Gasteiger partial charge in [0.05, 0.1) is 0 Å². The third-order valence-electron chi connectivity index (χ3n) is 4.47. The number of hydrogen-bond acceptors (Lipinski definition) is 2. The molecule has 24 heavy (non-hydrogen) atoms. The summed E-state index contributed by atoms with van der Waals surface area (Å²) in [5.41, 5.74) is 3.11. The molecule has 4 rings (SSSR count). The summed E-state index contributed by atoms with van der Waals surface area (Å²) < 4.78 is 0. The first-order valence-electron chi connectivity index (χ1n) is 8.06. The Hall–Kier alpha value is -3.07. The zero-order valence-corrected chi connectivity index (χ0v) is 13.2. The Morgan fingerprint density at radius 2 is 1.42 bits per heavy atom. The van der Waals surface area contributed by atoms with Gasteiger partial charge in [0.15, 0.2) is 0 Å². The average Bonchev–Trinajstić information content (AvgIpc) is 2.89. The van der Waals surface area contributed by atoms with E-state index in [0.29, 0.717) is 6.42 Å². The van der Waals surface area contributed by atoms with Crippen molar-refractivity contribution in [3.05, 3.63) is 96.1 Å². The van der Waals surface area contributed by atoms with Gasteiger partial charge in [0.1, 0.15) is 5.54 Å².